The van der Waals surface area contributed by atoms with Crippen molar-refractivity contribution in [2.45, 2.75) is 6.54 Å². The highest BCUT2D eigenvalue weighted by molar-refractivity contribution is 7.22. The third-order valence-corrected chi connectivity index (χ3v) is 7.30. The Balaban J connectivity index is 1.13. The van der Waals surface area contributed by atoms with Gasteiger partial charge >= 0.3 is 6.03 Å². The fourth-order valence-corrected chi connectivity index (χ4v) is 4.87. The number of anilines is 2. The Morgan fingerprint density at radius 2 is 1.97 bits per heavy atom. The number of halogens is 2. The van der Waals surface area contributed by atoms with Crippen molar-refractivity contribution < 1.29 is 14.3 Å². The normalized spacial score (nSPS) is 14.2. The van der Waals surface area contributed by atoms with Crippen molar-refractivity contribution in [3.63, 3.8) is 0 Å². The van der Waals surface area contributed by atoms with Gasteiger partial charge in [-0.15, -0.1) is 0 Å². The summed E-state index contributed by atoms with van der Waals surface area (Å²) in [6.45, 7) is 5.42. The van der Waals surface area contributed by atoms with Crippen molar-refractivity contribution in [1.82, 2.24) is 19.7 Å². The lowest BCUT2D eigenvalue weighted by atomic mass is 10.3. The Bertz CT molecular complexity index is 1350. The van der Waals surface area contributed by atoms with Crippen LogP contribution < -0.4 is 15.4 Å². The number of benzene rings is 2. The Labute approximate surface area is 221 Å². The summed E-state index contributed by atoms with van der Waals surface area (Å²) in [4.78, 5) is 19.4. The number of nitrogens with one attached hydrogen (secondary N) is 2. The first-order chi connectivity index (χ1) is 17.5. The molecule has 3 heterocycles. The predicted molar refractivity (Wildman–Crippen MR) is 143 cm³/mol. The van der Waals surface area contributed by atoms with E-state index in [-0.39, 0.29) is 0 Å². The molecule has 12 heteroatoms. The molecule has 1 fully saturated rings. The molecule has 0 aliphatic carbocycles. The highest BCUT2D eigenvalue weighted by Gasteiger charge is 2.12. The second kappa shape index (κ2) is 11.4. The van der Waals surface area contributed by atoms with Crippen LogP contribution in [0.4, 0.5) is 15.6 Å². The highest BCUT2D eigenvalue weighted by Crippen LogP contribution is 2.29. The Morgan fingerprint density at radius 1 is 1.11 bits per heavy atom. The van der Waals surface area contributed by atoms with Crippen LogP contribution in [0.5, 0.6) is 5.75 Å². The number of hydrogen-bond acceptors (Lipinski definition) is 8. The highest BCUT2D eigenvalue weighted by atomic mass is 35.5. The summed E-state index contributed by atoms with van der Waals surface area (Å²) < 4.78 is 13.6. The zero-order chi connectivity index (χ0) is 24.9. The molecule has 0 bridgehead atoms. The molecular formula is C24H24Cl2N6O3S. The minimum absolute atomic E-state index is 0.363. The summed E-state index contributed by atoms with van der Waals surface area (Å²) >= 11 is 13.5. The van der Waals surface area contributed by atoms with Crippen LogP contribution in [0.3, 0.4) is 0 Å². The molecule has 0 radical (unpaired) electrons. The Morgan fingerprint density at radius 3 is 2.81 bits per heavy atom. The molecule has 9 nitrogen and oxygen atoms in total. The summed E-state index contributed by atoms with van der Waals surface area (Å²) in [5.74, 6) is 0.831. The molecule has 0 unspecified atom stereocenters. The minimum Gasteiger partial charge on any atom is -0.492 e. The number of rotatable bonds is 8. The molecule has 1 aliphatic heterocycles. The quantitative estimate of drug-likeness (QED) is 0.313. The molecule has 1 amide bonds. The number of carbonyl (C=O) groups excluding carboxylic acids is 1. The van der Waals surface area contributed by atoms with E-state index in [4.69, 9.17) is 32.7 Å². The molecule has 0 spiro atoms. The van der Waals surface area contributed by atoms with Crippen LogP contribution in [0.2, 0.25) is 10.0 Å². The van der Waals surface area contributed by atoms with Gasteiger partial charge in [0.15, 0.2) is 5.13 Å². The molecule has 2 aromatic carbocycles. The number of fused-ring (bicyclic) bond motifs is 1. The van der Waals surface area contributed by atoms with Gasteiger partial charge < -0.3 is 20.1 Å². The second-order valence-corrected chi connectivity index (χ2v) is 9.96. The van der Waals surface area contributed by atoms with Crippen LogP contribution in [0.25, 0.3) is 10.2 Å². The fourth-order valence-electron chi connectivity index (χ4n) is 3.68. The summed E-state index contributed by atoms with van der Waals surface area (Å²) in [6, 6.07) is 12.2. The first kappa shape index (κ1) is 24.8. The molecule has 0 saturated carbocycles. The Hall–Kier alpha value is -2.89. The number of nitrogens with zero attached hydrogens (tertiary/aromatic N) is 4. The van der Waals surface area contributed by atoms with Crippen molar-refractivity contribution in [3.8, 4) is 5.75 Å². The maximum absolute atomic E-state index is 12.5. The number of amides is 1. The maximum Gasteiger partial charge on any atom is 0.346 e. The van der Waals surface area contributed by atoms with Gasteiger partial charge in [-0.2, -0.15) is 9.78 Å². The summed E-state index contributed by atoms with van der Waals surface area (Å²) in [5.41, 5.74) is 2.13. The van der Waals surface area contributed by atoms with E-state index in [0.29, 0.717) is 34.6 Å². The standard InChI is InChI=1S/C24H24Cl2N6O3S/c25-19-3-1-16(13-20(19)26)28-24(33)32-6-5-17(30-32)15-27-23-29-21-4-2-18(14-22(21)36-23)35-12-9-31-7-10-34-11-8-31/h1-6,13-14H,7-12,15H2,(H,27,29)(H,28,33). The van der Waals surface area contributed by atoms with Gasteiger partial charge in [0.1, 0.15) is 12.4 Å². The zero-order valence-corrected chi connectivity index (χ0v) is 21.6. The van der Waals surface area contributed by atoms with E-state index in [1.807, 2.05) is 18.2 Å². The molecule has 5 rings (SSSR count). The molecule has 1 aliphatic rings. The number of ether oxygens (including phenoxy) is 2. The van der Waals surface area contributed by atoms with Crippen molar-refractivity contribution in [2.75, 3.05) is 50.1 Å². The predicted octanol–water partition coefficient (Wildman–Crippen LogP) is 5.20. The third-order valence-electron chi connectivity index (χ3n) is 5.58. The van der Waals surface area contributed by atoms with Crippen LogP contribution in [0.15, 0.2) is 48.7 Å². The number of morpholine rings is 1. The maximum atomic E-state index is 12.5. The van der Waals surface area contributed by atoms with Crippen LogP contribution in [0.1, 0.15) is 5.69 Å². The number of aromatic nitrogens is 3. The third kappa shape index (κ3) is 6.26. The SMILES string of the molecule is O=C(Nc1ccc(Cl)c(Cl)c1)n1ccc(CNc2nc3ccc(OCCN4CCOCC4)cc3s2)n1. The van der Waals surface area contributed by atoms with Gasteiger partial charge in [0.05, 0.1) is 45.7 Å². The van der Waals surface area contributed by atoms with E-state index in [9.17, 15) is 4.79 Å². The molecule has 0 atom stereocenters. The number of thiazole rings is 1. The summed E-state index contributed by atoms with van der Waals surface area (Å²) in [6.07, 6.45) is 1.60. The lowest BCUT2D eigenvalue weighted by Gasteiger charge is -2.26. The monoisotopic (exact) mass is 546 g/mol. The molecule has 4 aromatic rings. The zero-order valence-electron chi connectivity index (χ0n) is 19.2. The minimum atomic E-state index is -0.402. The molecular weight excluding hydrogens is 523 g/mol. The van der Waals surface area contributed by atoms with Gasteiger partial charge in [-0.05, 0) is 42.5 Å². The number of hydrogen-bond donors (Lipinski definition) is 2. The topological polar surface area (TPSA) is 93.5 Å². The molecule has 188 valence electrons. The van der Waals surface area contributed by atoms with Gasteiger partial charge in [-0.1, -0.05) is 34.5 Å². The summed E-state index contributed by atoms with van der Waals surface area (Å²) in [5, 5.41) is 11.9. The van der Waals surface area contributed by atoms with E-state index in [1.165, 1.54) is 4.68 Å². The molecule has 2 N–H and O–H groups in total. The second-order valence-electron chi connectivity index (χ2n) is 8.12. The average Bonchev–Trinajstić information content (AvgIpc) is 3.52. The van der Waals surface area contributed by atoms with Gasteiger partial charge in [0, 0.05) is 31.5 Å². The van der Waals surface area contributed by atoms with Gasteiger partial charge in [-0.25, -0.2) is 9.78 Å². The summed E-state index contributed by atoms with van der Waals surface area (Å²) in [7, 11) is 0. The van der Waals surface area contributed by atoms with Crippen LogP contribution >= 0.6 is 34.5 Å². The van der Waals surface area contributed by atoms with Crippen LogP contribution in [-0.2, 0) is 11.3 Å². The number of carbonyl (C=O) groups is 1. The smallest absolute Gasteiger partial charge is 0.346 e. The van der Waals surface area contributed by atoms with Gasteiger partial charge in [-0.3, -0.25) is 4.90 Å². The van der Waals surface area contributed by atoms with E-state index in [2.05, 4.69) is 25.6 Å². The largest absolute Gasteiger partial charge is 0.492 e. The van der Waals surface area contributed by atoms with E-state index in [0.717, 1.165) is 53.9 Å². The van der Waals surface area contributed by atoms with Crippen LogP contribution in [-0.4, -0.2) is 65.2 Å². The van der Waals surface area contributed by atoms with E-state index >= 15 is 0 Å². The van der Waals surface area contributed by atoms with Gasteiger partial charge in [0.2, 0.25) is 0 Å². The van der Waals surface area contributed by atoms with Crippen LogP contribution in [0, 0.1) is 0 Å². The lowest BCUT2D eigenvalue weighted by molar-refractivity contribution is 0.0322. The molecule has 36 heavy (non-hydrogen) atoms. The van der Waals surface area contributed by atoms with Gasteiger partial charge in [0.25, 0.3) is 0 Å². The molecule has 2 aromatic heterocycles. The first-order valence-electron chi connectivity index (χ1n) is 11.4. The molecule has 1 saturated heterocycles. The van der Waals surface area contributed by atoms with Crippen molar-refractivity contribution >= 4 is 61.6 Å². The van der Waals surface area contributed by atoms with E-state index < -0.39 is 6.03 Å². The first-order valence-corrected chi connectivity index (χ1v) is 13.0. The van der Waals surface area contributed by atoms with Crippen molar-refractivity contribution in [2.24, 2.45) is 0 Å². The fraction of sp³-hybridized carbons (Fsp3) is 0.292. The van der Waals surface area contributed by atoms with Crippen molar-refractivity contribution in [1.29, 1.82) is 0 Å². The Kier molecular flexibility index (Phi) is 7.88. The average molecular weight is 547 g/mol. The van der Waals surface area contributed by atoms with Crippen molar-refractivity contribution in [3.05, 3.63) is 64.4 Å². The lowest BCUT2D eigenvalue weighted by Crippen LogP contribution is -2.38. The van der Waals surface area contributed by atoms with E-state index in [1.54, 1.807) is 41.8 Å².